The molecule has 2 heterocycles. The molecule has 2 aromatic heterocycles. The van der Waals surface area contributed by atoms with E-state index in [1.165, 1.54) is 16.7 Å². The molecular formula is C15H22N4. The number of hydrogen-bond donors (Lipinski definition) is 1. The highest BCUT2D eigenvalue weighted by Gasteiger charge is 2.14. The van der Waals surface area contributed by atoms with E-state index in [0.717, 1.165) is 19.4 Å². The molecule has 0 radical (unpaired) electrons. The third-order valence-corrected chi connectivity index (χ3v) is 3.28. The summed E-state index contributed by atoms with van der Waals surface area (Å²) < 4.78 is 1.85. The topological polar surface area (TPSA) is 42.7 Å². The highest BCUT2D eigenvalue weighted by Crippen LogP contribution is 2.20. The minimum Gasteiger partial charge on any atom is -0.310 e. The van der Waals surface area contributed by atoms with Crippen molar-refractivity contribution in [2.45, 2.75) is 32.7 Å². The van der Waals surface area contributed by atoms with E-state index in [-0.39, 0.29) is 0 Å². The molecule has 0 aliphatic carbocycles. The first kappa shape index (κ1) is 13.7. The monoisotopic (exact) mass is 258 g/mol. The van der Waals surface area contributed by atoms with Crippen molar-refractivity contribution in [3.63, 3.8) is 0 Å². The maximum atomic E-state index is 4.24. The van der Waals surface area contributed by atoms with Crippen molar-refractivity contribution in [1.82, 2.24) is 20.1 Å². The van der Waals surface area contributed by atoms with Crippen molar-refractivity contribution in [3.05, 3.63) is 47.5 Å². The average molecular weight is 258 g/mol. The van der Waals surface area contributed by atoms with Crippen LogP contribution < -0.4 is 5.32 Å². The predicted octanol–water partition coefficient (Wildman–Crippen LogP) is 2.41. The minimum atomic E-state index is 0.326. The van der Waals surface area contributed by atoms with Gasteiger partial charge in [-0.3, -0.25) is 9.67 Å². The molecule has 0 aliphatic rings. The Morgan fingerprint density at radius 1 is 1.37 bits per heavy atom. The normalized spacial score (nSPS) is 12.6. The number of pyridine rings is 1. The molecule has 0 saturated carbocycles. The van der Waals surface area contributed by atoms with Gasteiger partial charge in [0.2, 0.25) is 0 Å². The molecule has 1 N–H and O–H groups in total. The maximum absolute atomic E-state index is 4.24. The number of aryl methyl sites for hydroxylation is 2. The van der Waals surface area contributed by atoms with Gasteiger partial charge in [-0.2, -0.15) is 5.10 Å². The summed E-state index contributed by atoms with van der Waals surface area (Å²) in [6.07, 6.45) is 9.91. The molecule has 0 spiro atoms. The van der Waals surface area contributed by atoms with Crippen LogP contribution in [0.5, 0.6) is 0 Å². The van der Waals surface area contributed by atoms with Crippen LogP contribution in [-0.4, -0.2) is 21.3 Å². The summed E-state index contributed by atoms with van der Waals surface area (Å²) >= 11 is 0. The summed E-state index contributed by atoms with van der Waals surface area (Å²) in [6.45, 7) is 5.33. The van der Waals surface area contributed by atoms with Crippen molar-refractivity contribution >= 4 is 0 Å². The molecule has 2 aromatic rings. The summed E-state index contributed by atoms with van der Waals surface area (Å²) in [4.78, 5) is 4.17. The summed E-state index contributed by atoms with van der Waals surface area (Å²) in [5.41, 5.74) is 3.82. The highest BCUT2D eigenvalue weighted by molar-refractivity contribution is 5.27. The second kappa shape index (κ2) is 6.48. The number of rotatable bonds is 6. The molecule has 0 saturated heterocycles. The van der Waals surface area contributed by atoms with Crippen LogP contribution in [0.15, 0.2) is 30.9 Å². The van der Waals surface area contributed by atoms with Gasteiger partial charge < -0.3 is 5.32 Å². The summed E-state index contributed by atoms with van der Waals surface area (Å²) in [5, 5.41) is 7.86. The number of nitrogens with zero attached hydrogens (tertiary/aromatic N) is 3. The van der Waals surface area contributed by atoms with Gasteiger partial charge in [0.1, 0.15) is 0 Å². The van der Waals surface area contributed by atoms with Gasteiger partial charge in [0.15, 0.2) is 0 Å². The Bertz CT molecular complexity index is 518. The second-order valence-corrected chi connectivity index (χ2v) is 4.97. The predicted molar refractivity (Wildman–Crippen MR) is 76.9 cm³/mol. The number of hydrogen-bond acceptors (Lipinski definition) is 3. The van der Waals surface area contributed by atoms with Gasteiger partial charge in [0.05, 0.1) is 6.20 Å². The Hall–Kier alpha value is -1.68. The molecule has 0 bridgehead atoms. The standard InChI is InChI=1S/C15H22N4/c1-4-6-17-15(8-13-10-18-19(3)11-13)14-5-7-16-9-12(14)2/h5,7,9-11,15,17H,4,6,8H2,1-3H3. The molecule has 4 nitrogen and oxygen atoms in total. The molecule has 0 aliphatic heterocycles. The van der Waals surface area contributed by atoms with Crippen molar-refractivity contribution in [3.8, 4) is 0 Å². The zero-order chi connectivity index (χ0) is 13.7. The van der Waals surface area contributed by atoms with Crippen LogP contribution in [0.1, 0.15) is 36.1 Å². The first-order valence-electron chi connectivity index (χ1n) is 6.82. The fraction of sp³-hybridized carbons (Fsp3) is 0.467. The molecule has 0 aromatic carbocycles. The largest absolute Gasteiger partial charge is 0.310 e. The van der Waals surface area contributed by atoms with Gasteiger partial charge in [-0.15, -0.1) is 0 Å². The second-order valence-electron chi connectivity index (χ2n) is 4.97. The zero-order valence-corrected chi connectivity index (χ0v) is 11.9. The Morgan fingerprint density at radius 2 is 2.21 bits per heavy atom. The quantitative estimate of drug-likeness (QED) is 0.865. The summed E-state index contributed by atoms with van der Waals surface area (Å²) in [5.74, 6) is 0. The molecule has 0 amide bonds. The highest BCUT2D eigenvalue weighted by atomic mass is 15.2. The van der Waals surface area contributed by atoms with Crippen molar-refractivity contribution < 1.29 is 0 Å². The lowest BCUT2D eigenvalue weighted by molar-refractivity contribution is 0.526. The van der Waals surface area contributed by atoms with Crippen molar-refractivity contribution in [2.24, 2.45) is 7.05 Å². The van der Waals surface area contributed by atoms with E-state index in [2.05, 4.69) is 41.5 Å². The Kier molecular flexibility index (Phi) is 4.68. The molecule has 4 heteroatoms. The molecule has 2 rings (SSSR count). The van der Waals surface area contributed by atoms with E-state index >= 15 is 0 Å². The SMILES string of the molecule is CCCNC(Cc1cnn(C)c1)c1ccncc1C. The van der Waals surface area contributed by atoms with Crippen LogP contribution in [0, 0.1) is 6.92 Å². The van der Waals surface area contributed by atoms with Crippen molar-refractivity contribution in [2.75, 3.05) is 6.54 Å². The van der Waals surface area contributed by atoms with Crippen LogP contribution in [0.25, 0.3) is 0 Å². The fourth-order valence-electron chi connectivity index (χ4n) is 2.30. The van der Waals surface area contributed by atoms with Crippen molar-refractivity contribution in [1.29, 1.82) is 0 Å². The van der Waals surface area contributed by atoms with Gasteiger partial charge in [-0.25, -0.2) is 0 Å². The molecule has 102 valence electrons. The van der Waals surface area contributed by atoms with Gasteiger partial charge in [0, 0.05) is 31.7 Å². The van der Waals surface area contributed by atoms with E-state index in [1.54, 1.807) is 0 Å². The maximum Gasteiger partial charge on any atom is 0.0522 e. The van der Waals surface area contributed by atoms with Crippen LogP contribution in [0.2, 0.25) is 0 Å². The Balaban J connectivity index is 2.18. The molecule has 19 heavy (non-hydrogen) atoms. The Labute approximate surface area is 114 Å². The van der Waals surface area contributed by atoms with Gasteiger partial charge in [-0.05, 0) is 49.1 Å². The van der Waals surface area contributed by atoms with Gasteiger partial charge in [-0.1, -0.05) is 6.92 Å². The summed E-state index contributed by atoms with van der Waals surface area (Å²) in [7, 11) is 1.95. The van der Waals surface area contributed by atoms with E-state index in [0.29, 0.717) is 6.04 Å². The minimum absolute atomic E-state index is 0.326. The molecule has 1 atom stereocenters. The van der Waals surface area contributed by atoms with Gasteiger partial charge in [0.25, 0.3) is 0 Å². The smallest absolute Gasteiger partial charge is 0.0522 e. The molecular weight excluding hydrogens is 236 g/mol. The van der Waals surface area contributed by atoms with E-state index < -0.39 is 0 Å². The van der Waals surface area contributed by atoms with E-state index in [1.807, 2.05) is 30.3 Å². The van der Waals surface area contributed by atoms with Gasteiger partial charge >= 0.3 is 0 Å². The first-order chi connectivity index (χ1) is 9.20. The van der Waals surface area contributed by atoms with E-state index in [4.69, 9.17) is 0 Å². The summed E-state index contributed by atoms with van der Waals surface area (Å²) in [6, 6.07) is 2.44. The third-order valence-electron chi connectivity index (χ3n) is 3.28. The first-order valence-corrected chi connectivity index (χ1v) is 6.82. The lowest BCUT2D eigenvalue weighted by Gasteiger charge is -2.20. The zero-order valence-electron chi connectivity index (χ0n) is 11.9. The van der Waals surface area contributed by atoms with Crippen LogP contribution >= 0.6 is 0 Å². The fourth-order valence-corrected chi connectivity index (χ4v) is 2.30. The van der Waals surface area contributed by atoms with Crippen LogP contribution in [0.3, 0.4) is 0 Å². The van der Waals surface area contributed by atoms with E-state index in [9.17, 15) is 0 Å². The number of nitrogens with one attached hydrogen (secondary N) is 1. The average Bonchev–Trinajstić information content (AvgIpc) is 2.81. The Morgan fingerprint density at radius 3 is 2.84 bits per heavy atom. The number of aromatic nitrogens is 3. The third kappa shape index (κ3) is 3.64. The van der Waals surface area contributed by atoms with Crippen LogP contribution in [-0.2, 0) is 13.5 Å². The molecule has 0 fully saturated rings. The molecule has 1 unspecified atom stereocenters. The lowest BCUT2D eigenvalue weighted by atomic mass is 9.98. The van der Waals surface area contributed by atoms with Crippen LogP contribution in [0.4, 0.5) is 0 Å². The lowest BCUT2D eigenvalue weighted by Crippen LogP contribution is -2.24.